The number of aryl methyl sites for hydroxylation is 2. The van der Waals surface area contributed by atoms with Crippen LogP contribution < -0.4 is 14.2 Å². The molecule has 3 aromatic heterocycles. The number of rotatable bonds is 10. The number of benzene rings is 1. The monoisotopic (exact) mass is 470 g/mol. The molecule has 0 fully saturated rings. The maximum atomic E-state index is 13.0. The van der Waals surface area contributed by atoms with E-state index in [0.717, 1.165) is 24.6 Å². The number of aromatic nitrogens is 5. The van der Waals surface area contributed by atoms with Crippen LogP contribution in [0.25, 0.3) is 17.3 Å². The van der Waals surface area contributed by atoms with E-state index in [-0.39, 0.29) is 0 Å². The van der Waals surface area contributed by atoms with Crippen LogP contribution in [0.5, 0.6) is 11.5 Å². The highest BCUT2D eigenvalue weighted by Gasteiger charge is 2.24. The molecule has 0 saturated heterocycles. The van der Waals surface area contributed by atoms with Crippen molar-refractivity contribution < 1.29 is 18.3 Å². The Morgan fingerprint density at radius 2 is 1.79 bits per heavy atom. The number of ether oxygens (including phenoxy) is 2. The number of nitrogens with one attached hydrogen (secondary N) is 1. The third-order valence-corrected chi connectivity index (χ3v) is 5.52. The fourth-order valence-electron chi connectivity index (χ4n) is 3.19. The van der Waals surface area contributed by atoms with Crippen molar-refractivity contribution in [2.45, 2.75) is 19.8 Å². The zero-order valence-electron chi connectivity index (χ0n) is 18.4. The predicted octanol–water partition coefficient (Wildman–Crippen LogP) is 4.34. The van der Waals surface area contributed by atoms with Gasteiger partial charge in [0.2, 0.25) is 11.8 Å². The van der Waals surface area contributed by atoms with Crippen LogP contribution in [0.2, 0.25) is 0 Å². The van der Waals surface area contributed by atoms with Gasteiger partial charge in [-0.25, -0.2) is 14.4 Å². The molecule has 172 valence electrons. The minimum Gasteiger partial charge on any atom is -0.494 e. The minimum absolute atomic E-state index is 0.458. The molecule has 1 N–H and O–H groups in total. The van der Waals surface area contributed by atoms with Crippen LogP contribution in [0.1, 0.15) is 18.5 Å². The first-order chi connectivity index (χ1) is 16.1. The van der Waals surface area contributed by atoms with Crippen LogP contribution in [-0.4, -0.2) is 44.7 Å². The molecule has 0 aliphatic carbocycles. The summed E-state index contributed by atoms with van der Waals surface area (Å²) < 4.78 is 35.2. The molecule has 1 aromatic carbocycles. The number of nitrogens with zero attached hydrogens (tertiary/aromatic N) is 5. The summed E-state index contributed by atoms with van der Waals surface area (Å²) in [5, 5.41) is 8.71. The lowest BCUT2D eigenvalue weighted by atomic mass is 10.2. The number of anilines is 1. The molecule has 3 heterocycles. The largest absolute Gasteiger partial charge is 0.494 e. The Hall–Kier alpha value is -3.60. The minimum atomic E-state index is -0.458. The molecule has 0 aliphatic rings. The van der Waals surface area contributed by atoms with E-state index in [1.165, 1.54) is 11.9 Å². The second-order valence-electron chi connectivity index (χ2n) is 6.83. The lowest BCUT2D eigenvalue weighted by Crippen LogP contribution is -2.07. The lowest BCUT2D eigenvalue weighted by molar-refractivity contribution is 0.391. The first kappa shape index (κ1) is 22.6. The van der Waals surface area contributed by atoms with Crippen molar-refractivity contribution >= 4 is 17.9 Å². The summed E-state index contributed by atoms with van der Waals surface area (Å²) in [6.07, 6.45) is 3.63. The molecule has 0 radical (unpaired) electrons. The summed E-state index contributed by atoms with van der Waals surface area (Å²) in [6, 6.07) is 9.30. The molecule has 0 unspecified atom stereocenters. The topological polar surface area (TPSA) is 100 Å². The van der Waals surface area contributed by atoms with Crippen molar-refractivity contribution in [2.24, 2.45) is 0 Å². The van der Waals surface area contributed by atoms with Crippen LogP contribution in [0, 0.1) is 5.82 Å². The summed E-state index contributed by atoms with van der Waals surface area (Å²) in [5.41, 5.74) is 0.641. The predicted molar refractivity (Wildman–Crippen MR) is 123 cm³/mol. The number of hydrogen-bond acceptors (Lipinski definition) is 9. The van der Waals surface area contributed by atoms with Gasteiger partial charge in [0.15, 0.2) is 11.6 Å². The van der Waals surface area contributed by atoms with Gasteiger partial charge in [-0.3, -0.25) is 9.29 Å². The molecule has 0 spiro atoms. The third-order valence-electron chi connectivity index (χ3n) is 4.78. The number of para-hydroxylation sites is 1. The molecule has 4 rings (SSSR count). The highest BCUT2D eigenvalue weighted by molar-refractivity contribution is 8.00. The highest BCUT2D eigenvalue weighted by Crippen LogP contribution is 2.38. The van der Waals surface area contributed by atoms with Crippen molar-refractivity contribution in [2.75, 3.05) is 24.7 Å². The standard InChI is InChI=1S/C22H23FN6O3S/c1-4-15-8-9-18(32-15)21-26-27-22(28-33-11-10-19-24-12-14(23)13-25-19)29(21)20-16(30-2)6-5-7-17(20)31-3/h5-9,12-13H,4,10-11H2,1-3H3,(H,27,28). The third kappa shape index (κ3) is 4.92. The summed E-state index contributed by atoms with van der Waals surface area (Å²) in [4.78, 5) is 7.96. The molecule has 0 bridgehead atoms. The molecule has 0 saturated carbocycles. The Balaban J connectivity index is 1.66. The van der Waals surface area contributed by atoms with Crippen LogP contribution >= 0.6 is 11.9 Å². The first-order valence-electron chi connectivity index (χ1n) is 10.2. The summed E-state index contributed by atoms with van der Waals surface area (Å²) >= 11 is 1.40. The van der Waals surface area contributed by atoms with Crippen LogP contribution in [0.3, 0.4) is 0 Å². The molecule has 4 aromatic rings. The van der Waals surface area contributed by atoms with Gasteiger partial charge in [0, 0.05) is 18.6 Å². The van der Waals surface area contributed by atoms with Crippen molar-refractivity contribution in [3.05, 3.63) is 60.1 Å². The molecule has 0 amide bonds. The van der Waals surface area contributed by atoms with Crippen molar-refractivity contribution in [1.82, 2.24) is 24.7 Å². The van der Waals surface area contributed by atoms with E-state index in [1.807, 2.05) is 37.3 Å². The zero-order chi connectivity index (χ0) is 23.2. The quantitative estimate of drug-likeness (QED) is 0.268. The van der Waals surface area contributed by atoms with Gasteiger partial charge in [-0.1, -0.05) is 13.0 Å². The Morgan fingerprint density at radius 1 is 1.06 bits per heavy atom. The van der Waals surface area contributed by atoms with Crippen molar-refractivity contribution in [1.29, 1.82) is 0 Å². The molecule has 9 nitrogen and oxygen atoms in total. The van der Waals surface area contributed by atoms with E-state index in [1.54, 1.807) is 18.8 Å². The normalized spacial score (nSPS) is 10.9. The van der Waals surface area contributed by atoms with Gasteiger partial charge in [0.05, 0.1) is 26.6 Å². The molecule has 0 atom stereocenters. The highest BCUT2D eigenvalue weighted by atomic mass is 32.2. The maximum Gasteiger partial charge on any atom is 0.239 e. The van der Waals surface area contributed by atoms with Gasteiger partial charge in [-0.05, 0) is 36.2 Å². The smallest absolute Gasteiger partial charge is 0.239 e. The number of hydrogen-bond donors (Lipinski definition) is 1. The number of furan rings is 1. The Bertz CT molecular complexity index is 1190. The van der Waals surface area contributed by atoms with E-state index in [2.05, 4.69) is 24.9 Å². The van der Waals surface area contributed by atoms with Gasteiger partial charge < -0.3 is 13.9 Å². The van der Waals surface area contributed by atoms with Gasteiger partial charge in [0.25, 0.3) is 0 Å². The average molecular weight is 471 g/mol. The lowest BCUT2D eigenvalue weighted by Gasteiger charge is -2.16. The second-order valence-corrected chi connectivity index (χ2v) is 7.73. The maximum absolute atomic E-state index is 13.0. The second kappa shape index (κ2) is 10.3. The average Bonchev–Trinajstić information content (AvgIpc) is 3.49. The molecule has 0 aliphatic heterocycles. The van der Waals surface area contributed by atoms with Crippen LogP contribution in [0.15, 0.2) is 47.1 Å². The summed E-state index contributed by atoms with van der Waals surface area (Å²) in [5.74, 6) is 4.28. The van der Waals surface area contributed by atoms with E-state index in [9.17, 15) is 4.39 Å². The molecular weight excluding hydrogens is 447 g/mol. The van der Waals surface area contributed by atoms with Gasteiger partial charge in [0.1, 0.15) is 28.8 Å². The van der Waals surface area contributed by atoms with Gasteiger partial charge in [-0.2, -0.15) is 0 Å². The van der Waals surface area contributed by atoms with Gasteiger partial charge in [-0.15, -0.1) is 10.2 Å². The number of halogens is 1. The molecule has 33 heavy (non-hydrogen) atoms. The fourth-order valence-corrected chi connectivity index (χ4v) is 3.84. The van der Waals surface area contributed by atoms with E-state index >= 15 is 0 Å². The Kier molecular flexibility index (Phi) is 7.08. The number of methoxy groups -OCH3 is 2. The first-order valence-corrected chi connectivity index (χ1v) is 11.2. The SMILES string of the molecule is CCc1ccc(-c2nnc(NSCCc3ncc(F)cn3)n2-c2c(OC)cccc2OC)o1. The van der Waals surface area contributed by atoms with E-state index < -0.39 is 5.82 Å². The van der Waals surface area contributed by atoms with Crippen molar-refractivity contribution in [3.8, 4) is 28.8 Å². The molecule has 11 heteroatoms. The Labute approximate surface area is 194 Å². The van der Waals surface area contributed by atoms with Crippen molar-refractivity contribution in [3.63, 3.8) is 0 Å². The summed E-state index contributed by atoms with van der Waals surface area (Å²) in [7, 11) is 3.18. The summed E-state index contributed by atoms with van der Waals surface area (Å²) in [6.45, 7) is 2.02. The van der Waals surface area contributed by atoms with Crippen LogP contribution in [-0.2, 0) is 12.8 Å². The van der Waals surface area contributed by atoms with Gasteiger partial charge >= 0.3 is 0 Å². The zero-order valence-corrected chi connectivity index (χ0v) is 19.2. The van der Waals surface area contributed by atoms with Crippen LogP contribution in [0.4, 0.5) is 10.3 Å². The van der Waals surface area contributed by atoms with E-state index in [4.69, 9.17) is 13.9 Å². The van der Waals surface area contributed by atoms with E-state index in [0.29, 0.717) is 52.7 Å². The molecular formula is C22H23FN6O3S. The fraction of sp³-hybridized carbons (Fsp3) is 0.273. The Morgan fingerprint density at radius 3 is 2.42 bits per heavy atom.